The lowest BCUT2D eigenvalue weighted by molar-refractivity contribution is 0.0282. The van der Waals surface area contributed by atoms with Crippen LogP contribution >= 0.6 is 11.3 Å². The van der Waals surface area contributed by atoms with Crippen molar-refractivity contribution >= 4 is 34.3 Å². The predicted octanol–water partition coefficient (Wildman–Crippen LogP) is 5.48. The first-order valence-corrected chi connectivity index (χ1v) is 14.2. The topological polar surface area (TPSA) is 135 Å². The lowest BCUT2D eigenvalue weighted by atomic mass is 9.97. The molecule has 0 radical (unpaired) electrons. The Bertz CT molecular complexity index is 1580. The number of carbonyl (C=O) groups is 2. The van der Waals surface area contributed by atoms with Gasteiger partial charge in [-0.1, -0.05) is 12.1 Å². The average Bonchev–Trinajstić information content (AvgIpc) is 3.54. The van der Waals surface area contributed by atoms with Gasteiger partial charge < -0.3 is 24.8 Å². The molecule has 0 bridgehead atoms. The number of nitrogens with two attached hydrogens (primary N) is 1. The van der Waals surface area contributed by atoms with E-state index in [0.29, 0.717) is 25.1 Å². The van der Waals surface area contributed by atoms with Crippen LogP contribution in [0, 0.1) is 0 Å². The Labute approximate surface area is 242 Å². The van der Waals surface area contributed by atoms with E-state index in [0.717, 1.165) is 50.5 Å². The van der Waals surface area contributed by atoms with Crippen LogP contribution in [0.3, 0.4) is 0 Å². The van der Waals surface area contributed by atoms with Gasteiger partial charge in [0.05, 0.1) is 18.4 Å². The molecule has 0 aliphatic carbocycles. The van der Waals surface area contributed by atoms with Crippen LogP contribution in [0.1, 0.15) is 50.1 Å². The molecule has 0 spiro atoms. The molecule has 1 saturated heterocycles. The summed E-state index contributed by atoms with van der Waals surface area (Å²) in [6, 6.07) is 5.86. The zero-order valence-corrected chi connectivity index (χ0v) is 24.7. The quantitative estimate of drug-likeness (QED) is 0.318. The maximum absolute atomic E-state index is 12.8. The first kappa shape index (κ1) is 28.5. The number of pyridine rings is 1. The maximum atomic E-state index is 12.8. The third kappa shape index (κ3) is 6.49. The van der Waals surface area contributed by atoms with E-state index in [1.165, 1.54) is 0 Å². The molecule has 1 aliphatic heterocycles. The Hall–Kier alpha value is -4.03. The summed E-state index contributed by atoms with van der Waals surface area (Å²) in [6.45, 7) is 7.20. The van der Waals surface area contributed by atoms with Crippen molar-refractivity contribution < 1.29 is 23.8 Å². The van der Waals surface area contributed by atoms with Gasteiger partial charge in [-0.2, -0.15) is 5.10 Å². The molecule has 11 nitrogen and oxygen atoms in total. The van der Waals surface area contributed by atoms with Gasteiger partial charge in [0, 0.05) is 61.1 Å². The first-order valence-electron chi connectivity index (χ1n) is 13.4. The van der Waals surface area contributed by atoms with Crippen molar-refractivity contribution in [1.29, 1.82) is 0 Å². The molecule has 4 aromatic rings. The number of thiazole rings is 1. The number of fused-ring (bicyclic) bond motifs is 1. The van der Waals surface area contributed by atoms with Crippen LogP contribution in [0.15, 0.2) is 36.8 Å². The van der Waals surface area contributed by atoms with Crippen molar-refractivity contribution in [2.45, 2.75) is 51.7 Å². The highest BCUT2D eigenvalue weighted by Crippen LogP contribution is 2.41. The number of hydrogen-bond donors (Lipinski definition) is 1. The van der Waals surface area contributed by atoms with Crippen LogP contribution in [0.25, 0.3) is 32.5 Å². The van der Waals surface area contributed by atoms with Crippen LogP contribution in [0.4, 0.5) is 9.59 Å². The zero-order valence-electron chi connectivity index (χ0n) is 23.8. The fourth-order valence-electron chi connectivity index (χ4n) is 4.82. The molecule has 1 fully saturated rings. The molecule has 2 N–H and O–H groups in total. The van der Waals surface area contributed by atoms with E-state index < -0.39 is 17.8 Å². The SMILES string of the molecule is CN(Cc1nc(-c2cnc(OC(N)=O)c3cc(-c4cnn(C)c4)ccc23)sc1C1CCOCC1)C(=O)OC(C)(C)C. The lowest BCUT2D eigenvalue weighted by Crippen LogP contribution is -2.34. The maximum Gasteiger partial charge on any atom is 0.411 e. The van der Waals surface area contributed by atoms with Crippen LogP contribution < -0.4 is 10.5 Å². The van der Waals surface area contributed by atoms with Gasteiger partial charge in [0.15, 0.2) is 0 Å². The predicted molar refractivity (Wildman–Crippen MR) is 156 cm³/mol. The van der Waals surface area contributed by atoms with Gasteiger partial charge >= 0.3 is 12.2 Å². The van der Waals surface area contributed by atoms with Gasteiger partial charge in [0.1, 0.15) is 10.6 Å². The Morgan fingerprint density at radius 2 is 1.93 bits per heavy atom. The minimum Gasteiger partial charge on any atom is -0.444 e. The molecule has 0 unspecified atom stereocenters. The summed E-state index contributed by atoms with van der Waals surface area (Å²) >= 11 is 1.59. The first-order chi connectivity index (χ1) is 19.5. The standard InChI is InChI=1S/C29H34N6O5S/c1-29(2,3)40-28(37)34(4)16-23-24(17-8-10-38-11-9-17)41-26(33-23)22-14-31-25(39-27(30)36)21-12-18(6-7-20(21)22)19-13-32-35(5)15-19/h6-7,12-15,17H,8-11,16H2,1-5H3,(H2,30,36). The number of ether oxygens (including phenoxy) is 3. The van der Waals surface area contributed by atoms with Crippen molar-refractivity contribution in [2.24, 2.45) is 12.8 Å². The highest BCUT2D eigenvalue weighted by atomic mass is 32.1. The number of nitrogens with zero attached hydrogens (tertiary/aromatic N) is 5. The van der Waals surface area contributed by atoms with Crippen molar-refractivity contribution in [1.82, 2.24) is 24.6 Å². The number of aromatic nitrogens is 4. The number of aryl methyl sites for hydroxylation is 1. The van der Waals surface area contributed by atoms with Gasteiger partial charge in [-0.15, -0.1) is 11.3 Å². The molecule has 0 atom stereocenters. The van der Waals surface area contributed by atoms with Crippen LogP contribution in [-0.4, -0.2) is 62.7 Å². The summed E-state index contributed by atoms with van der Waals surface area (Å²) < 4.78 is 18.2. The van der Waals surface area contributed by atoms with Crippen molar-refractivity contribution in [2.75, 3.05) is 20.3 Å². The average molecular weight is 579 g/mol. The summed E-state index contributed by atoms with van der Waals surface area (Å²) in [7, 11) is 3.57. The lowest BCUT2D eigenvalue weighted by Gasteiger charge is -2.25. The molecule has 5 rings (SSSR count). The van der Waals surface area contributed by atoms with E-state index in [9.17, 15) is 9.59 Å². The highest BCUT2D eigenvalue weighted by Gasteiger charge is 2.27. The molecule has 216 valence electrons. The second-order valence-electron chi connectivity index (χ2n) is 11.1. The third-order valence-electron chi connectivity index (χ3n) is 6.73. The van der Waals surface area contributed by atoms with Crippen molar-refractivity contribution in [3.63, 3.8) is 0 Å². The van der Waals surface area contributed by atoms with Crippen LogP contribution in [0.2, 0.25) is 0 Å². The van der Waals surface area contributed by atoms with E-state index in [2.05, 4.69) is 10.1 Å². The van der Waals surface area contributed by atoms with Crippen molar-refractivity contribution in [3.8, 4) is 27.6 Å². The summed E-state index contributed by atoms with van der Waals surface area (Å²) in [5.41, 5.74) is 8.17. The Kier molecular flexibility index (Phi) is 7.96. The van der Waals surface area contributed by atoms with E-state index >= 15 is 0 Å². The number of primary amides is 1. The second kappa shape index (κ2) is 11.5. The Morgan fingerprint density at radius 3 is 2.59 bits per heavy atom. The Morgan fingerprint density at radius 1 is 1.17 bits per heavy atom. The van der Waals surface area contributed by atoms with Gasteiger partial charge in [-0.3, -0.25) is 4.68 Å². The number of amides is 2. The molecule has 0 saturated carbocycles. The fraction of sp³-hybridized carbons (Fsp3) is 0.414. The smallest absolute Gasteiger partial charge is 0.411 e. The van der Waals surface area contributed by atoms with E-state index in [1.807, 2.05) is 52.2 Å². The minimum atomic E-state index is -0.943. The number of carbonyl (C=O) groups excluding carboxylic acids is 2. The molecular weight excluding hydrogens is 544 g/mol. The van der Waals surface area contributed by atoms with Gasteiger partial charge in [-0.05, 0) is 56.5 Å². The molecule has 4 heterocycles. The van der Waals surface area contributed by atoms with Gasteiger partial charge in [0.2, 0.25) is 5.88 Å². The molecule has 12 heteroatoms. The van der Waals surface area contributed by atoms with E-state index in [-0.39, 0.29) is 11.8 Å². The summed E-state index contributed by atoms with van der Waals surface area (Å²) in [4.78, 5) is 36.6. The third-order valence-corrected chi connectivity index (χ3v) is 8.02. The molecule has 1 aliphatic rings. The Balaban J connectivity index is 1.58. The van der Waals surface area contributed by atoms with Crippen LogP contribution in [-0.2, 0) is 23.1 Å². The zero-order chi connectivity index (χ0) is 29.3. The number of rotatable bonds is 6. The largest absolute Gasteiger partial charge is 0.444 e. The number of benzene rings is 1. The summed E-state index contributed by atoms with van der Waals surface area (Å²) in [6.07, 6.45) is 5.73. The summed E-state index contributed by atoms with van der Waals surface area (Å²) in [5.74, 6) is 0.388. The highest BCUT2D eigenvalue weighted by molar-refractivity contribution is 7.15. The summed E-state index contributed by atoms with van der Waals surface area (Å²) in [5, 5.41) is 6.45. The normalized spacial score (nSPS) is 14.3. The monoisotopic (exact) mass is 578 g/mol. The second-order valence-corrected chi connectivity index (χ2v) is 12.1. The van der Waals surface area contributed by atoms with E-state index in [1.54, 1.807) is 40.4 Å². The van der Waals surface area contributed by atoms with E-state index in [4.69, 9.17) is 24.9 Å². The molecule has 3 aromatic heterocycles. The van der Waals surface area contributed by atoms with Gasteiger partial charge in [-0.25, -0.2) is 19.6 Å². The fourth-order valence-corrected chi connectivity index (χ4v) is 6.08. The van der Waals surface area contributed by atoms with Crippen LogP contribution in [0.5, 0.6) is 5.88 Å². The molecular formula is C29H34N6O5S. The molecule has 2 amide bonds. The van der Waals surface area contributed by atoms with Crippen molar-refractivity contribution in [3.05, 3.63) is 47.4 Å². The molecule has 41 heavy (non-hydrogen) atoms. The molecule has 1 aromatic carbocycles. The van der Waals surface area contributed by atoms with Gasteiger partial charge in [0.25, 0.3) is 0 Å². The minimum absolute atomic E-state index is 0.119. The number of hydrogen-bond acceptors (Lipinski definition) is 9.